The van der Waals surface area contributed by atoms with E-state index in [0.29, 0.717) is 5.75 Å². The van der Waals surface area contributed by atoms with Gasteiger partial charge in [-0.2, -0.15) is 0 Å². The number of aromatic hydroxyl groups is 1. The number of phenols is 1. The fourth-order valence-corrected chi connectivity index (χ4v) is 2.78. The van der Waals surface area contributed by atoms with Crippen LogP contribution in [0.3, 0.4) is 0 Å². The Bertz CT molecular complexity index is 772. The fraction of sp³-hybridized carbons (Fsp3) is 0.300. The lowest BCUT2D eigenvalue weighted by atomic mass is 9.99. The molecule has 7 nitrogen and oxygen atoms in total. The number of hydrogen-bond donors (Lipinski definition) is 5. The third-order valence-corrected chi connectivity index (χ3v) is 4.32. The van der Waals surface area contributed by atoms with Crippen LogP contribution in [0.4, 0.5) is 0 Å². The van der Waals surface area contributed by atoms with Gasteiger partial charge in [0.1, 0.15) is 35.9 Å². The first kappa shape index (κ1) is 19.3. The van der Waals surface area contributed by atoms with Gasteiger partial charge in [-0.1, -0.05) is 36.4 Å². The number of phenolic OH excluding ortho intramolecular Hbond substituents is 1. The minimum Gasteiger partial charge on any atom is -0.508 e. The summed E-state index contributed by atoms with van der Waals surface area (Å²) in [7, 11) is 0. The molecule has 0 spiro atoms. The Kier molecular flexibility index (Phi) is 6.10. The molecule has 1 fully saturated rings. The number of aliphatic hydroxyl groups excluding tert-OH is 4. The van der Waals surface area contributed by atoms with Crippen LogP contribution in [-0.4, -0.2) is 62.8 Å². The summed E-state index contributed by atoms with van der Waals surface area (Å²) in [5.41, 5.74) is 1.75. The molecule has 0 bridgehead atoms. The van der Waals surface area contributed by atoms with E-state index in [4.69, 9.17) is 9.47 Å². The summed E-state index contributed by atoms with van der Waals surface area (Å²) in [5, 5.41) is 48.2. The first-order valence-electron chi connectivity index (χ1n) is 8.52. The summed E-state index contributed by atoms with van der Waals surface area (Å²) in [5.74, 6) is 0.592. The number of hydrogen-bond acceptors (Lipinski definition) is 7. The number of aliphatic hydroxyl groups is 4. The lowest BCUT2D eigenvalue weighted by molar-refractivity contribution is -0.277. The van der Waals surface area contributed by atoms with Crippen LogP contribution < -0.4 is 4.74 Å². The van der Waals surface area contributed by atoms with E-state index in [1.807, 2.05) is 18.2 Å². The van der Waals surface area contributed by atoms with Gasteiger partial charge in [0.15, 0.2) is 0 Å². The van der Waals surface area contributed by atoms with Gasteiger partial charge in [-0.25, -0.2) is 0 Å². The van der Waals surface area contributed by atoms with Crippen molar-refractivity contribution in [3.63, 3.8) is 0 Å². The van der Waals surface area contributed by atoms with Crippen LogP contribution in [0, 0.1) is 0 Å². The fourth-order valence-electron chi connectivity index (χ4n) is 2.78. The monoisotopic (exact) mass is 374 g/mol. The number of benzene rings is 2. The maximum Gasteiger partial charge on any atom is 0.229 e. The van der Waals surface area contributed by atoms with E-state index in [1.165, 1.54) is 0 Å². The Morgan fingerprint density at radius 1 is 0.889 bits per heavy atom. The van der Waals surface area contributed by atoms with E-state index in [1.54, 1.807) is 42.5 Å². The Morgan fingerprint density at radius 2 is 1.59 bits per heavy atom. The molecule has 5 unspecified atom stereocenters. The van der Waals surface area contributed by atoms with Crippen molar-refractivity contribution in [2.45, 2.75) is 30.7 Å². The van der Waals surface area contributed by atoms with Gasteiger partial charge in [0.2, 0.25) is 6.29 Å². The number of ether oxygens (including phenoxy) is 2. The summed E-state index contributed by atoms with van der Waals surface area (Å²) >= 11 is 0. The van der Waals surface area contributed by atoms with Crippen LogP contribution in [0.15, 0.2) is 48.5 Å². The minimum atomic E-state index is -1.48. The molecule has 7 heteroatoms. The molecule has 0 radical (unpaired) electrons. The molecule has 5 N–H and O–H groups in total. The molecule has 1 saturated heterocycles. The first-order valence-corrected chi connectivity index (χ1v) is 8.52. The highest BCUT2D eigenvalue weighted by Gasteiger charge is 2.44. The highest BCUT2D eigenvalue weighted by atomic mass is 16.7. The smallest absolute Gasteiger partial charge is 0.229 e. The van der Waals surface area contributed by atoms with Gasteiger partial charge in [-0.15, -0.1) is 0 Å². The van der Waals surface area contributed by atoms with Crippen LogP contribution in [0.25, 0.3) is 12.2 Å². The second-order valence-electron chi connectivity index (χ2n) is 6.31. The van der Waals surface area contributed by atoms with Crippen molar-refractivity contribution in [1.82, 2.24) is 0 Å². The van der Waals surface area contributed by atoms with Crippen molar-refractivity contribution in [2.24, 2.45) is 0 Å². The Morgan fingerprint density at radius 3 is 2.26 bits per heavy atom. The van der Waals surface area contributed by atoms with Gasteiger partial charge >= 0.3 is 0 Å². The van der Waals surface area contributed by atoms with Crippen LogP contribution in [-0.2, 0) is 4.74 Å². The highest BCUT2D eigenvalue weighted by molar-refractivity contribution is 5.70. The average Bonchev–Trinajstić information content (AvgIpc) is 2.68. The van der Waals surface area contributed by atoms with Crippen molar-refractivity contribution in [3.05, 3.63) is 59.7 Å². The average molecular weight is 374 g/mol. The standard InChI is InChI=1S/C20H22O7/c21-11-16-17(23)18(24)19(25)20(27-16)26-15-8-6-12(7-9-15)4-5-13-2-1-3-14(22)10-13/h1-10,16-25H,11H2/b5-4+. The first-order chi connectivity index (χ1) is 13.0. The summed E-state index contributed by atoms with van der Waals surface area (Å²) < 4.78 is 10.9. The van der Waals surface area contributed by atoms with Crippen molar-refractivity contribution in [2.75, 3.05) is 6.61 Å². The molecule has 0 aliphatic carbocycles. The third-order valence-electron chi connectivity index (χ3n) is 4.32. The molecular formula is C20H22O7. The van der Waals surface area contributed by atoms with Gasteiger partial charge in [-0.05, 0) is 35.4 Å². The van der Waals surface area contributed by atoms with E-state index < -0.39 is 37.3 Å². The molecule has 1 aliphatic heterocycles. The van der Waals surface area contributed by atoms with Crippen LogP contribution in [0.2, 0.25) is 0 Å². The minimum absolute atomic E-state index is 0.195. The van der Waals surface area contributed by atoms with Gasteiger partial charge in [-0.3, -0.25) is 0 Å². The van der Waals surface area contributed by atoms with Crippen molar-refractivity contribution >= 4 is 12.2 Å². The molecule has 1 aliphatic rings. The molecular weight excluding hydrogens is 352 g/mol. The molecule has 1 heterocycles. The van der Waals surface area contributed by atoms with Crippen LogP contribution in [0.1, 0.15) is 11.1 Å². The SMILES string of the molecule is OCC1OC(Oc2ccc(/C=C/c3cccc(O)c3)cc2)C(O)C(O)C1O. The van der Waals surface area contributed by atoms with Crippen LogP contribution >= 0.6 is 0 Å². The largest absolute Gasteiger partial charge is 0.508 e. The zero-order chi connectivity index (χ0) is 19.4. The third kappa shape index (κ3) is 4.65. The molecule has 2 aromatic rings. The van der Waals surface area contributed by atoms with Crippen molar-refractivity contribution in [1.29, 1.82) is 0 Å². The molecule has 144 valence electrons. The van der Waals surface area contributed by atoms with Crippen molar-refractivity contribution in [3.8, 4) is 11.5 Å². The maximum atomic E-state index is 10.00. The summed E-state index contributed by atoms with van der Waals surface area (Å²) in [6.07, 6.45) is -2.86. The molecule has 5 atom stereocenters. The van der Waals surface area contributed by atoms with E-state index in [9.17, 15) is 25.5 Å². The number of rotatable bonds is 5. The maximum absolute atomic E-state index is 10.00. The van der Waals surface area contributed by atoms with E-state index >= 15 is 0 Å². The van der Waals surface area contributed by atoms with E-state index in [0.717, 1.165) is 11.1 Å². The molecule has 0 amide bonds. The molecule has 2 aromatic carbocycles. The predicted molar refractivity (Wildman–Crippen MR) is 97.9 cm³/mol. The zero-order valence-corrected chi connectivity index (χ0v) is 14.4. The summed E-state index contributed by atoms with van der Waals surface area (Å²) in [4.78, 5) is 0. The molecule has 3 rings (SSSR count). The normalized spacial score (nSPS) is 28.4. The second-order valence-corrected chi connectivity index (χ2v) is 6.31. The lowest BCUT2D eigenvalue weighted by Crippen LogP contribution is -2.60. The second kappa shape index (κ2) is 8.51. The zero-order valence-electron chi connectivity index (χ0n) is 14.4. The molecule has 0 aromatic heterocycles. The van der Waals surface area contributed by atoms with E-state index in [2.05, 4.69) is 0 Å². The summed E-state index contributed by atoms with van der Waals surface area (Å²) in [6.45, 7) is -0.510. The van der Waals surface area contributed by atoms with Gasteiger partial charge in [0.25, 0.3) is 0 Å². The quantitative estimate of drug-likeness (QED) is 0.490. The molecule has 27 heavy (non-hydrogen) atoms. The summed E-state index contributed by atoms with van der Waals surface area (Å²) in [6, 6.07) is 13.8. The highest BCUT2D eigenvalue weighted by Crippen LogP contribution is 2.25. The Labute approximate surface area is 156 Å². The Balaban J connectivity index is 1.65. The Hall–Kier alpha value is -2.42. The van der Waals surface area contributed by atoms with Gasteiger partial charge in [0.05, 0.1) is 6.61 Å². The van der Waals surface area contributed by atoms with Gasteiger partial charge in [0, 0.05) is 0 Å². The molecule has 0 saturated carbocycles. The topological polar surface area (TPSA) is 120 Å². The van der Waals surface area contributed by atoms with E-state index in [-0.39, 0.29) is 5.75 Å². The lowest BCUT2D eigenvalue weighted by Gasteiger charge is -2.39. The van der Waals surface area contributed by atoms with Crippen molar-refractivity contribution < 1.29 is 35.0 Å². The van der Waals surface area contributed by atoms with Gasteiger partial charge < -0.3 is 35.0 Å². The van der Waals surface area contributed by atoms with Crippen LogP contribution in [0.5, 0.6) is 11.5 Å². The predicted octanol–water partition coefficient (Wildman–Crippen LogP) is 0.741.